The van der Waals surface area contributed by atoms with Gasteiger partial charge in [-0.15, -0.1) is 11.4 Å². The molecule has 0 aliphatic rings. The van der Waals surface area contributed by atoms with E-state index in [9.17, 15) is 8.42 Å². The zero-order chi connectivity index (χ0) is 15.4. The minimum Gasteiger partial charge on any atom is -0.207 e. The summed E-state index contributed by atoms with van der Waals surface area (Å²) in [6.07, 6.45) is 1.68. The van der Waals surface area contributed by atoms with E-state index in [1.54, 1.807) is 42.7 Å². The Morgan fingerprint density at radius 2 is 1.85 bits per heavy atom. The summed E-state index contributed by atoms with van der Waals surface area (Å²) >= 11 is 7.39. The molecule has 2 atom stereocenters. The number of nitrogens with zero attached hydrogens (tertiary/aromatic N) is 1. The Morgan fingerprint density at radius 3 is 2.30 bits per heavy atom. The highest BCUT2D eigenvalue weighted by atomic mass is 32.9. The van der Waals surface area contributed by atoms with Crippen LogP contribution in [0.25, 0.3) is 0 Å². The van der Waals surface area contributed by atoms with E-state index in [1.165, 1.54) is 4.08 Å². The zero-order valence-electron chi connectivity index (χ0n) is 12.3. The van der Waals surface area contributed by atoms with Crippen LogP contribution in [-0.4, -0.2) is 31.0 Å². The number of rotatable bonds is 7. The van der Waals surface area contributed by atoms with E-state index in [4.69, 9.17) is 11.8 Å². The Kier molecular flexibility index (Phi) is 6.74. The van der Waals surface area contributed by atoms with E-state index in [1.807, 2.05) is 13.0 Å². The van der Waals surface area contributed by atoms with Crippen LogP contribution in [0.1, 0.15) is 27.2 Å². The lowest BCUT2D eigenvalue weighted by Crippen LogP contribution is -2.24. The van der Waals surface area contributed by atoms with Crippen molar-refractivity contribution in [2.24, 2.45) is 0 Å². The summed E-state index contributed by atoms with van der Waals surface area (Å²) in [4.78, 5) is 0.315. The van der Waals surface area contributed by atoms with Crippen molar-refractivity contribution in [3.8, 4) is 0 Å². The third kappa shape index (κ3) is 4.08. The van der Waals surface area contributed by atoms with Gasteiger partial charge in [-0.25, -0.2) is 8.42 Å². The average molecular weight is 351 g/mol. The fourth-order valence-electron chi connectivity index (χ4n) is 1.60. The van der Waals surface area contributed by atoms with Crippen LogP contribution in [-0.2, 0) is 21.8 Å². The van der Waals surface area contributed by atoms with Gasteiger partial charge in [-0.3, -0.25) is 0 Å². The van der Waals surface area contributed by atoms with Crippen LogP contribution in [0, 0.1) is 0 Å². The smallest absolute Gasteiger partial charge is 0.207 e. The molecule has 1 rings (SSSR count). The fourth-order valence-corrected chi connectivity index (χ4v) is 12.0. The standard InChI is InChI=1S/C13H22NO2PS3/c1-5-12(3)19-17(18,6-2)14(4)20(15,16)13-10-8-7-9-11-13/h7-12H,5-6H2,1-4H3/t12-,17?/m0/s1. The maximum Gasteiger partial charge on any atom is 0.247 e. The van der Waals surface area contributed by atoms with Crippen molar-refractivity contribution in [1.29, 1.82) is 0 Å². The third-order valence-corrected chi connectivity index (χ3v) is 15.3. The van der Waals surface area contributed by atoms with Gasteiger partial charge in [0.1, 0.15) is 0 Å². The summed E-state index contributed by atoms with van der Waals surface area (Å²) in [6, 6.07) is 8.52. The Hall–Kier alpha value is 0.130. The van der Waals surface area contributed by atoms with Gasteiger partial charge in [-0.1, -0.05) is 50.8 Å². The Labute approximate surface area is 132 Å². The van der Waals surface area contributed by atoms with Crippen molar-refractivity contribution < 1.29 is 8.42 Å². The van der Waals surface area contributed by atoms with Gasteiger partial charge in [-0.2, -0.15) is 4.08 Å². The lowest BCUT2D eigenvalue weighted by Gasteiger charge is -2.31. The first-order valence-electron chi connectivity index (χ1n) is 6.59. The number of hydrogen-bond donors (Lipinski definition) is 0. The van der Waals surface area contributed by atoms with Crippen LogP contribution in [0.4, 0.5) is 0 Å². The Balaban J connectivity index is 3.14. The first-order valence-corrected chi connectivity index (χ1v) is 12.5. The molecule has 0 aliphatic heterocycles. The lowest BCUT2D eigenvalue weighted by molar-refractivity contribution is 0.562. The fraction of sp³-hybridized carbons (Fsp3) is 0.538. The number of hydrogen-bond acceptors (Lipinski definition) is 4. The van der Waals surface area contributed by atoms with Crippen molar-refractivity contribution in [3.05, 3.63) is 30.3 Å². The molecule has 114 valence electrons. The normalized spacial score (nSPS) is 16.9. The molecule has 0 saturated heterocycles. The van der Waals surface area contributed by atoms with Gasteiger partial charge in [0.05, 0.1) is 10.3 Å². The maximum atomic E-state index is 12.7. The largest absolute Gasteiger partial charge is 0.247 e. The van der Waals surface area contributed by atoms with E-state index < -0.39 is 15.4 Å². The quantitative estimate of drug-likeness (QED) is 0.691. The molecular weight excluding hydrogens is 329 g/mol. The molecule has 1 aromatic carbocycles. The van der Waals surface area contributed by atoms with Crippen LogP contribution >= 0.6 is 16.8 Å². The summed E-state index contributed by atoms with van der Waals surface area (Å²) in [5.41, 5.74) is 0. The van der Waals surface area contributed by atoms with E-state index in [0.29, 0.717) is 16.3 Å². The minimum absolute atomic E-state index is 0.315. The molecule has 3 nitrogen and oxygen atoms in total. The van der Waals surface area contributed by atoms with E-state index in [0.717, 1.165) is 6.42 Å². The Bertz CT molecular complexity index is 575. The molecule has 1 aromatic rings. The average Bonchev–Trinajstić information content (AvgIpc) is 2.46. The van der Waals surface area contributed by atoms with Crippen LogP contribution in [0.2, 0.25) is 0 Å². The molecular formula is C13H22NO2PS3. The predicted molar refractivity (Wildman–Crippen MR) is 93.6 cm³/mol. The molecule has 0 fully saturated rings. The van der Waals surface area contributed by atoms with Gasteiger partial charge in [0, 0.05) is 12.3 Å². The molecule has 20 heavy (non-hydrogen) atoms. The van der Waals surface area contributed by atoms with Gasteiger partial charge < -0.3 is 0 Å². The first kappa shape index (κ1) is 18.2. The van der Waals surface area contributed by atoms with E-state index >= 15 is 0 Å². The summed E-state index contributed by atoms with van der Waals surface area (Å²) in [5.74, 6) is 0. The molecule has 7 heteroatoms. The van der Waals surface area contributed by atoms with Gasteiger partial charge in [0.2, 0.25) is 10.0 Å². The molecule has 0 N–H and O–H groups in total. The third-order valence-electron chi connectivity index (χ3n) is 3.14. The number of sulfonamides is 1. The van der Waals surface area contributed by atoms with Gasteiger partial charge in [0.25, 0.3) is 0 Å². The molecule has 0 heterocycles. The second-order valence-electron chi connectivity index (χ2n) is 4.53. The summed E-state index contributed by atoms with van der Waals surface area (Å²) < 4.78 is 26.8. The minimum atomic E-state index is -3.50. The second-order valence-corrected chi connectivity index (χ2v) is 15.2. The Morgan fingerprint density at radius 1 is 1.30 bits per heavy atom. The summed E-state index contributed by atoms with van der Waals surface area (Å²) in [6.45, 7) is 6.18. The highest BCUT2D eigenvalue weighted by molar-refractivity contribution is 8.71. The highest BCUT2D eigenvalue weighted by Gasteiger charge is 2.33. The predicted octanol–water partition coefficient (Wildman–Crippen LogP) is 4.17. The molecule has 0 spiro atoms. The molecule has 0 amide bonds. The SMILES string of the molecule is CC[C@H](C)SP(=S)(CC)N(C)S(=O)(=O)c1ccccc1. The number of benzene rings is 1. The zero-order valence-corrected chi connectivity index (χ0v) is 15.7. The van der Waals surface area contributed by atoms with Gasteiger partial charge in [0.15, 0.2) is 0 Å². The van der Waals surface area contributed by atoms with E-state index in [2.05, 4.69) is 13.8 Å². The van der Waals surface area contributed by atoms with E-state index in [-0.39, 0.29) is 0 Å². The topological polar surface area (TPSA) is 37.4 Å². The monoisotopic (exact) mass is 351 g/mol. The second kappa shape index (κ2) is 7.41. The first-order chi connectivity index (χ1) is 9.28. The van der Waals surface area contributed by atoms with Crippen molar-refractivity contribution >= 4 is 38.6 Å². The van der Waals surface area contributed by atoms with Crippen LogP contribution in [0.3, 0.4) is 0 Å². The molecule has 0 aromatic heterocycles. The van der Waals surface area contributed by atoms with Crippen LogP contribution < -0.4 is 0 Å². The maximum absolute atomic E-state index is 12.7. The van der Waals surface area contributed by atoms with Crippen molar-refractivity contribution in [3.63, 3.8) is 0 Å². The van der Waals surface area contributed by atoms with Gasteiger partial charge >= 0.3 is 0 Å². The highest BCUT2D eigenvalue weighted by Crippen LogP contribution is 2.64. The van der Waals surface area contributed by atoms with Gasteiger partial charge in [-0.05, 0) is 24.7 Å². The summed E-state index contributed by atoms with van der Waals surface area (Å²) in [5, 5.41) is -1.79. The molecule has 1 unspecified atom stereocenters. The molecule has 0 saturated carbocycles. The molecule has 0 bridgehead atoms. The molecule has 0 radical (unpaired) electrons. The summed E-state index contributed by atoms with van der Waals surface area (Å²) in [7, 11) is -1.88. The lowest BCUT2D eigenvalue weighted by atomic mass is 10.4. The van der Waals surface area contributed by atoms with Crippen molar-refractivity contribution in [2.45, 2.75) is 37.3 Å². The van der Waals surface area contributed by atoms with Crippen molar-refractivity contribution in [1.82, 2.24) is 4.08 Å². The van der Waals surface area contributed by atoms with Crippen LogP contribution in [0.15, 0.2) is 35.2 Å². The van der Waals surface area contributed by atoms with Crippen LogP contribution in [0.5, 0.6) is 0 Å². The molecule has 0 aliphatic carbocycles. The van der Waals surface area contributed by atoms with Crippen molar-refractivity contribution in [2.75, 3.05) is 13.2 Å².